The summed E-state index contributed by atoms with van der Waals surface area (Å²) in [5.41, 5.74) is 3.86. The lowest BCUT2D eigenvalue weighted by atomic mass is 9.78. The van der Waals surface area contributed by atoms with Crippen molar-refractivity contribution >= 4 is 23.9 Å². The lowest BCUT2D eigenvalue weighted by molar-refractivity contribution is 0.0553. The van der Waals surface area contributed by atoms with Crippen LogP contribution >= 0.6 is 0 Å². The molecule has 0 N–H and O–H groups in total. The van der Waals surface area contributed by atoms with Gasteiger partial charge in [-0.05, 0) is 47.2 Å². The molecule has 2 aliphatic rings. The van der Waals surface area contributed by atoms with Crippen LogP contribution < -0.4 is 0 Å². The second kappa shape index (κ2) is 9.71. The zero-order chi connectivity index (χ0) is 26.3. The number of benzene rings is 2. The molecule has 4 rings (SSSR count). The summed E-state index contributed by atoms with van der Waals surface area (Å²) >= 11 is 0. The maximum atomic E-state index is 13.3. The van der Waals surface area contributed by atoms with Crippen LogP contribution in [0.25, 0.3) is 11.1 Å². The van der Waals surface area contributed by atoms with Gasteiger partial charge in [-0.2, -0.15) is 0 Å². The Labute approximate surface area is 207 Å². The van der Waals surface area contributed by atoms with Crippen LogP contribution in [-0.4, -0.2) is 52.3 Å². The van der Waals surface area contributed by atoms with E-state index in [4.69, 9.17) is 28.4 Å². The Hall–Kier alpha value is -3.76. The summed E-state index contributed by atoms with van der Waals surface area (Å²) in [4.78, 5) is 52.5. The van der Waals surface area contributed by atoms with E-state index in [0.717, 1.165) is 0 Å². The molecule has 2 aliphatic heterocycles. The van der Waals surface area contributed by atoms with Gasteiger partial charge >= 0.3 is 23.9 Å². The molecule has 0 fully saturated rings. The summed E-state index contributed by atoms with van der Waals surface area (Å²) in [5.74, 6) is -3.13. The number of methoxy groups -OCH3 is 4. The lowest BCUT2D eigenvalue weighted by Gasteiger charge is -2.24. The Morgan fingerprint density at radius 1 is 0.500 bits per heavy atom. The van der Waals surface area contributed by atoms with E-state index in [9.17, 15) is 19.2 Å². The van der Waals surface area contributed by atoms with Crippen LogP contribution in [-0.2, 0) is 54.8 Å². The average molecular weight is 498 g/mol. The minimum absolute atomic E-state index is 0.00715. The number of ether oxygens (including phenoxy) is 6. The molecule has 0 spiro atoms. The van der Waals surface area contributed by atoms with Crippen molar-refractivity contribution in [3.05, 3.63) is 55.6 Å². The molecule has 0 unspecified atom stereocenters. The number of hydrogen-bond acceptors (Lipinski definition) is 10. The normalized spacial score (nSPS) is 13.6. The number of carbonyl (C=O) groups excluding carboxylic acids is 4. The third kappa shape index (κ3) is 3.64. The van der Waals surface area contributed by atoms with Gasteiger partial charge in [0, 0.05) is 11.1 Å². The van der Waals surface area contributed by atoms with Crippen molar-refractivity contribution in [1.29, 1.82) is 0 Å². The predicted molar refractivity (Wildman–Crippen MR) is 124 cm³/mol. The fourth-order valence-corrected chi connectivity index (χ4v) is 5.08. The van der Waals surface area contributed by atoms with E-state index in [1.807, 2.05) is 0 Å². The first-order valence-electron chi connectivity index (χ1n) is 11.1. The molecule has 0 amide bonds. The highest BCUT2D eigenvalue weighted by atomic mass is 16.5. The van der Waals surface area contributed by atoms with Crippen LogP contribution in [0.1, 0.15) is 74.8 Å². The van der Waals surface area contributed by atoms with Crippen molar-refractivity contribution in [3.8, 4) is 11.1 Å². The van der Waals surface area contributed by atoms with Crippen molar-refractivity contribution < 1.29 is 47.6 Å². The largest absolute Gasteiger partial charge is 0.465 e. The average Bonchev–Trinajstić information content (AvgIpc) is 3.57. The molecule has 2 aromatic rings. The third-order valence-corrected chi connectivity index (χ3v) is 6.78. The van der Waals surface area contributed by atoms with Gasteiger partial charge in [-0.15, -0.1) is 0 Å². The van der Waals surface area contributed by atoms with Gasteiger partial charge in [0.1, 0.15) is 0 Å². The van der Waals surface area contributed by atoms with Crippen LogP contribution in [0.4, 0.5) is 0 Å². The Kier molecular flexibility index (Phi) is 6.83. The first-order chi connectivity index (χ1) is 17.2. The van der Waals surface area contributed by atoms with E-state index >= 15 is 0 Å². The highest BCUT2D eigenvalue weighted by Crippen LogP contribution is 2.46. The summed E-state index contributed by atoms with van der Waals surface area (Å²) in [6, 6.07) is 0. The Bertz CT molecular complexity index is 1220. The summed E-state index contributed by atoms with van der Waals surface area (Å²) in [6.45, 7) is 3.96. The second-order valence-corrected chi connectivity index (χ2v) is 8.37. The molecular weight excluding hydrogens is 472 g/mol. The fourth-order valence-electron chi connectivity index (χ4n) is 5.08. The van der Waals surface area contributed by atoms with Gasteiger partial charge in [-0.3, -0.25) is 0 Å². The molecule has 0 atom stereocenters. The summed E-state index contributed by atoms with van der Waals surface area (Å²) in [6.07, 6.45) is 0. The lowest BCUT2D eigenvalue weighted by Crippen LogP contribution is -2.21. The first kappa shape index (κ1) is 25.3. The number of rotatable bonds is 5. The van der Waals surface area contributed by atoms with Crippen LogP contribution in [0.15, 0.2) is 0 Å². The minimum atomic E-state index is -0.813. The van der Waals surface area contributed by atoms with Gasteiger partial charge in [-0.25, -0.2) is 19.2 Å². The summed E-state index contributed by atoms with van der Waals surface area (Å²) < 4.78 is 31.7. The molecule has 190 valence electrons. The van der Waals surface area contributed by atoms with E-state index in [0.29, 0.717) is 33.4 Å². The van der Waals surface area contributed by atoms with E-state index in [1.54, 1.807) is 13.8 Å². The molecule has 10 nitrogen and oxygen atoms in total. The van der Waals surface area contributed by atoms with Gasteiger partial charge in [0.05, 0.1) is 77.1 Å². The van der Waals surface area contributed by atoms with Crippen molar-refractivity contribution in [2.75, 3.05) is 28.4 Å². The van der Waals surface area contributed by atoms with Crippen molar-refractivity contribution in [2.45, 2.75) is 40.3 Å². The highest BCUT2D eigenvalue weighted by Gasteiger charge is 2.39. The monoisotopic (exact) mass is 498 g/mol. The zero-order valence-corrected chi connectivity index (χ0v) is 20.9. The van der Waals surface area contributed by atoms with Crippen LogP contribution in [0.2, 0.25) is 0 Å². The molecule has 10 heteroatoms. The van der Waals surface area contributed by atoms with Crippen LogP contribution in [0, 0.1) is 13.8 Å². The fraction of sp³-hybridized carbons (Fsp3) is 0.385. The van der Waals surface area contributed by atoms with Gasteiger partial charge in [0.25, 0.3) is 0 Å². The van der Waals surface area contributed by atoms with E-state index in [2.05, 4.69) is 0 Å². The standard InChI is InChI=1S/C26H26O10/c1-11-13-7-35-9-15(13)19(21(25(29)33-5)17(11)23(27)31-3)20-16-10-36-8-14(16)12(2)18(24(28)32-4)22(20)26(30)34-6/h7-10H2,1-6H3. The van der Waals surface area contributed by atoms with E-state index in [-0.39, 0.29) is 59.8 Å². The van der Waals surface area contributed by atoms with Gasteiger partial charge < -0.3 is 28.4 Å². The molecule has 2 heterocycles. The second-order valence-electron chi connectivity index (χ2n) is 8.37. The van der Waals surface area contributed by atoms with Crippen molar-refractivity contribution in [2.24, 2.45) is 0 Å². The topological polar surface area (TPSA) is 124 Å². The maximum absolute atomic E-state index is 13.3. The smallest absolute Gasteiger partial charge is 0.339 e. The molecule has 0 bridgehead atoms. The predicted octanol–water partition coefficient (Wildman–Crippen LogP) is 3.18. The van der Waals surface area contributed by atoms with Crippen LogP contribution in [0.3, 0.4) is 0 Å². The first-order valence-corrected chi connectivity index (χ1v) is 11.1. The molecule has 2 aromatic carbocycles. The molecule has 0 saturated carbocycles. The van der Waals surface area contributed by atoms with Crippen molar-refractivity contribution in [3.63, 3.8) is 0 Å². The van der Waals surface area contributed by atoms with E-state index < -0.39 is 23.9 Å². The quantitative estimate of drug-likeness (QED) is 0.448. The zero-order valence-electron chi connectivity index (χ0n) is 20.9. The molecule has 0 aromatic heterocycles. The van der Waals surface area contributed by atoms with Crippen molar-refractivity contribution in [1.82, 2.24) is 0 Å². The Morgan fingerprint density at radius 2 is 0.778 bits per heavy atom. The van der Waals surface area contributed by atoms with Crippen LogP contribution in [0.5, 0.6) is 0 Å². The summed E-state index contributed by atoms with van der Waals surface area (Å²) in [5, 5.41) is 0. The van der Waals surface area contributed by atoms with Gasteiger partial charge in [0.2, 0.25) is 0 Å². The minimum Gasteiger partial charge on any atom is -0.465 e. The SMILES string of the molecule is COC(=O)c1c(C)c2c(c(-c3c4c(c(C)c(C(=O)OC)c3C(=O)OC)COC4)c1C(=O)OC)COC2. The molecule has 0 radical (unpaired) electrons. The Morgan fingerprint density at radius 3 is 1.08 bits per heavy atom. The molecular formula is C26H26O10. The van der Waals surface area contributed by atoms with E-state index in [1.165, 1.54) is 28.4 Å². The maximum Gasteiger partial charge on any atom is 0.339 e. The number of carbonyl (C=O) groups is 4. The number of esters is 4. The highest BCUT2D eigenvalue weighted by molar-refractivity contribution is 6.15. The molecule has 0 aliphatic carbocycles. The third-order valence-electron chi connectivity index (χ3n) is 6.78. The summed E-state index contributed by atoms with van der Waals surface area (Å²) in [7, 11) is 4.80. The van der Waals surface area contributed by atoms with Gasteiger partial charge in [0.15, 0.2) is 0 Å². The Balaban J connectivity index is 2.31. The van der Waals surface area contributed by atoms with Gasteiger partial charge in [-0.1, -0.05) is 0 Å². The molecule has 0 saturated heterocycles. The molecule has 36 heavy (non-hydrogen) atoms. The number of hydrogen-bond donors (Lipinski definition) is 0. The number of fused-ring (bicyclic) bond motifs is 2.